The number of aryl methyl sites for hydroxylation is 1. The molecule has 1 saturated heterocycles. The molecule has 2 aromatic heterocycles. The first kappa shape index (κ1) is 21.2. The van der Waals surface area contributed by atoms with Gasteiger partial charge < -0.3 is 4.74 Å². The molecule has 0 radical (unpaired) electrons. The van der Waals surface area contributed by atoms with Crippen molar-refractivity contribution in [3.8, 4) is 0 Å². The molecule has 12 heteroatoms. The van der Waals surface area contributed by atoms with Gasteiger partial charge in [-0.1, -0.05) is 28.9 Å². The normalized spacial score (nSPS) is 18.1. The van der Waals surface area contributed by atoms with Crippen LogP contribution in [-0.4, -0.2) is 50.7 Å². The molecule has 10 nitrogen and oxygen atoms in total. The fraction of sp³-hybridized carbons (Fsp3) is 0.316. The van der Waals surface area contributed by atoms with Gasteiger partial charge in [0.25, 0.3) is 5.56 Å². The van der Waals surface area contributed by atoms with E-state index in [1.807, 2.05) is 0 Å². The summed E-state index contributed by atoms with van der Waals surface area (Å²) in [6, 6.07) is 6.40. The van der Waals surface area contributed by atoms with Crippen LogP contribution in [0, 0.1) is 6.92 Å². The molecule has 1 unspecified atom stereocenters. The molecule has 3 aromatic rings. The average Bonchev–Trinajstić information content (AvgIpc) is 3.24. The van der Waals surface area contributed by atoms with Crippen LogP contribution in [0.4, 0.5) is 0 Å². The first-order valence-electron chi connectivity index (χ1n) is 9.37. The highest BCUT2D eigenvalue weighted by Crippen LogP contribution is 2.30. The smallest absolute Gasteiger partial charge is 0.332 e. The number of rotatable bonds is 5. The quantitative estimate of drug-likeness (QED) is 0.411. The van der Waals surface area contributed by atoms with Gasteiger partial charge in [-0.3, -0.25) is 4.79 Å². The Morgan fingerprint density at radius 3 is 2.87 bits per heavy atom. The molecule has 4 rings (SSSR count). The van der Waals surface area contributed by atoms with Gasteiger partial charge in [0.1, 0.15) is 10.7 Å². The van der Waals surface area contributed by atoms with Crippen LogP contribution in [0.2, 0.25) is 5.15 Å². The van der Waals surface area contributed by atoms with E-state index >= 15 is 0 Å². The molecule has 1 atom stereocenters. The summed E-state index contributed by atoms with van der Waals surface area (Å²) in [6.07, 6.45) is 3.04. The molecule has 1 aliphatic rings. The summed E-state index contributed by atoms with van der Waals surface area (Å²) < 4.78 is 31.0. The monoisotopic (exact) mass is 463 g/mol. The number of sulfone groups is 1. The summed E-state index contributed by atoms with van der Waals surface area (Å²) in [6.45, 7) is 1.31. The third-order valence-electron chi connectivity index (χ3n) is 4.97. The van der Waals surface area contributed by atoms with Crippen molar-refractivity contribution in [1.82, 2.24) is 24.8 Å². The van der Waals surface area contributed by atoms with Gasteiger partial charge in [-0.25, -0.2) is 17.9 Å². The lowest BCUT2D eigenvalue weighted by atomic mass is 10.2. The number of nitrogens with zero attached hydrogens (tertiary/aromatic N) is 5. The summed E-state index contributed by atoms with van der Waals surface area (Å²) in [5, 5.41) is 12.6. The highest BCUT2D eigenvalue weighted by atomic mass is 35.5. The van der Waals surface area contributed by atoms with Gasteiger partial charge in [0.2, 0.25) is 0 Å². The second kappa shape index (κ2) is 8.23. The minimum absolute atomic E-state index is 0.0133. The Labute approximate surface area is 182 Å². The van der Waals surface area contributed by atoms with E-state index < -0.39 is 28.1 Å². The van der Waals surface area contributed by atoms with Crippen molar-refractivity contribution in [2.75, 3.05) is 11.5 Å². The number of benzene rings is 1. The van der Waals surface area contributed by atoms with E-state index in [1.165, 1.54) is 10.8 Å². The van der Waals surface area contributed by atoms with Crippen molar-refractivity contribution in [2.24, 2.45) is 0 Å². The van der Waals surface area contributed by atoms with Crippen molar-refractivity contribution < 1.29 is 17.9 Å². The number of esters is 1. The van der Waals surface area contributed by atoms with Gasteiger partial charge in [0.15, 0.2) is 16.6 Å². The molecule has 0 aliphatic carbocycles. The number of hydrogen-bond acceptors (Lipinski definition) is 8. The predicted molar refractivity (Wildman–Crippen MR) is 113 cm³/mol. The van der Waals surface area contributed by atoms with E-state index in [0.29, 0.717) is 28.6 Å². The van der Waals surface area contributed by atoms with E-state index in [0.717, 1.165) is 10.8 Å². The van der Waals surface area contributed by atoms with Crippen molar-refractivity contribution in [1.29, 1.82) is 0 Å². The average molecular weight is 464 g/mol. The predicted octanol–water partition coefficient (Wildman–Crippen LogP) is 1.52. The summed E-state index contributed by atoms with van der Waals surface area (Å²) >= 11 is 6.37. The Balaban J connectivity index is 1.45. The first-order chi connectivity index (χ1) is 14.7. The standard InChI is InChI=1S/C19H18ClN5O5S/c1-12-14(18(20)25(22-12)13-8-9-31(28,29)10-13)6-7-17(26)30-11-24-19(27)15-4-2-3-5-16(15)21-23-24/h2-7,13H,8-11H2,1H3. The maximum Gasteiger partial charge on any atom is 0.332 e. The van der Waals surface area contributed by atoms with E-state index in [4.69, 9.17) is 16.3 Å². The molecular weight excluding hydrogens is 446 g/mol. The number of hydrogen-bond donors (Lipinski definition) is 0. The Hall–Kier alpha value is -3.05. The maximum atomic E-state index is 12.4. The van der Waals surface area contributed by atoms with Crippen molar-refractivity contribution in [2.45, 2.75) is 26.1 Å². The van der Waals surface area contributed by atoms with Crippen LogP contribution in [0.5, 0.6) is 0 Å². The third-order valence-corrected chi connectivity index (χ3v) is 7.10. The molecule has 0 bridgehead atoms. The summed E-state index contributed by atoms with van der Waals surface area (Å²) in [5.74, 6) is -0.629. The Morgan fingerprint density at radius 1 is 1.35 bits per heavy atom. The van der Waals surface area contributed by atoms with Gasteiger partial charge in [0.05, 0.1) is 28.6 Å². The Kier molecular flexibility index (Phi) is 5.63. The van der Waals surface area contributed by atoms with Crippen LogP contribution < -0.4 is 5.56 Å². The first-order valence-corrected chi connectivity index (χ1v) is 11.6. The van der Waals surface area contributed by atoms with Gasteiger partial charge in [-0.15, -0.1) is 5.10 Å². The van der Waals surface area contributed by atoms with Crippen LogP contribution in [-0.2, 0) is 26.1 Å². The van der Waals surface area contributed by atoms with Gasteiger partial charge in [-0.2, -0.15) is 9.78 Å². The van der Waals surface area contributed by atoms with Crippen molar-refractivity contribution >= 4 is 44.4 Å². The van der Waals surface area contributed by atoms with E-state index in [1.54, 1.807) is 31.2 Å². The molecule has 0 N–H and O–H groups in total. The highest BCUT2D eigenvalue weighted by Gasteiger charge is 2.31. The van der Waals surface area contributed by atoms with E-state index in [2.05, 4.69) is 15.4 Å². The topological polar surface area (TPSA) is 126 Å². The highest BCUT2D eigenvalue weighted by molar-refractivity contribution is 7.91. The molecule has 0 spiro atoms. The minimum Gasteiger partial charge on any atom is -0.439 e. The van der Waals surface area contributed by atoms with Crippen LogP contribution in [0.3, 0.4) is 0 Å². The summed E-state index contributed by atoms with van der Waals surface area (Å²) in [5.41, 5.74) is 1.07. The largest absolute Gasteiger partial charge is 0.439 e. The van der Waals surface area contributed by atoms with Crippen molar-refractivity contribution in [3.63, 3.8) is 0 Å². The second-order valence-electron chi connectivity index (χ2n) is 7.13. The fourth-order valence-electron chi connectivity index (χ4n) is 3.36. The Morgan fingerprint density at radius 2 is 2.13 bits per heavy atom. The SMILES string of the molecule is Cc1nn(C2CCS(=O)(=O)C2)c(Cl)c1C=CC(=O)OCn1nnc2ccccc2c1=O. The van der Waals surface area contributed by atoms with Gasteiger partial charge in [0, 0.05) is 11.6 Å². The molecule has 1 aliphatic heterocycles. The zero-order valence-corrected chi connectivity index (χ0v) is 18.0. The number of carbonyl (C=O) groups is 1. The zero-order chi connectivity index (χ0) is 22.2. The van der Waals surface area contributed by atoms with Crippen LogP contribution in [0.15, 0.2) is 35.1 Å². The Bertz CT molecular complexity index is 1360. The molecule has 1 fully saturated rings. The summed E-state index contributed by atoms with van der Waals surface area (Å²) in [4.78, 5) is 24.5. The number of aromatic nitrogens is 5. The van der Waals surface area contributed by atoms with Crippen molar-refractivity contribution in [3.05, 3.63) is 57.1 Å². The molecule has 1 aromatic carbocycles. The molecule has 0 amide bonds. The minimum atomic E-state index is -3.09. The summed E-state index contributed by atoms with van der Waals surface area (Å²) in [7, 11) is -3.09. The molecule has 0 saturated carbocycles. The molecular formula is C19H18ClN5O5S. The molecule has 31 heavy (non-hydrogen) atoms. The number of halogens is 1. The third kappa shape index (κ3) is 4.37. The van der Waals surface area contributed by atoms with Crippen LogP contribution >= 0.6 is 11.6 Å². The fourth-order valence-corrected chi connectivity index (χ4v) is 5.43. The molecule has 3 heterocycles. The van der Waals surface area contributed by atoms with Gasteiger partial charge in [-0.05, 0) is 31.6 Å². The number of fused-ring (bicyclic) bond motifs is 1. The lowest BCUT2D eigenvalue weighted by Crippen LogP contribution is -2.26. The van der Waals surface area contributed by atoms with Crippen LogP contribution in [0.25, 0.3) is 17.0 Å². The van der Waals surface area contributed by atoms with E-state index in [9.17, 15) is 18.0 Å². The lowest BCUT2D eigenvalue weighted by molar-refractivity contribution is -0.141. The van der Waals surface area contributed by atoms with E-state index in [-0.39, 0.29) is 22.7 Å². The number of ether oxygens (including phenoxy) is 1. The van der Waals surface area contributed by atoms with Crippen LogP contribution in [0.1, 0.15) is 23.7 Å². The second-order valence-corrected chi connectivity index (χ2v) is 9.72. The lowest BCUT2D eigenvalue weighted by Gasteiger charge is -2.09. The van der Waals surface area contributed by atoms with Gasteiger partial charge >= 0.3 is 5.97 Å². The molecule has 162 valence electrons. The maximum absolute atomic E-state index is 12.4. The zero-order valence-electron chi connectivity index (χ0n) is 16.4. The number of carbonyl (C=O) groups excluding carboxylic acids is 1.